The van der Waals surface area contributed by atoms with Crippen molar-refractivity contribution in [1.82, 2.24) is 10.9 Å². The number of benzene rings is 1. The highest BCUT2D eigenvalue weighted by Crippen LogP contribution is 2.07. The van der Waals surface area contributed by atoms with Crippen molar-refractivity contribution in [1.29, 1.82) is 0 Å². The second kappa shape index (κ2) is 8.04. The minimum Gasteiger partial charge on any atom is -0.455 e. The van der Waals surface area contributed by atoms with E-state index in [9.17, 15) is 18.8 Å². The molecule has 1 aromatic heterocycles. The van der Waals surface area contributed by atoms with Crippen LogP contribution in [0.3, 0.4) is 0 Å². The standard InChI is InChI=1S/C15H13FN2O4S/c16-11-5-3-10(4-6-11)8-14(20)22-9-13(19)17-18-15(21)12-2-1-7-23-12/h1-7H,8-9H2,(H,17,19)(H,18,21). The maximum atomic E-state index is 12.7. The third kappa shape index (κ3) is 5.51. The number of hydrogen-bond donors (Lipinski definition) is 2. The van der Waals surface area contributed by atoms with Crippen molar-refractivity contribution < 1.29 is 23.5 Å². The number of hydrazine groups is 1. The van der Waals surface area contributed by atoms with Gasteiger partial charge in [0.15, 0.2) is 6.61 Å². The molecule has 0 fully saturated rings. The predicted octanol–water partition coefficient (Wildman–Crippen LogP) is 1.43. The molecule has 8 heteroatoms. The lowest BCUT2D eigenvalue weighted by Gasteiger charge is -2.07. The van der Waals surface area contributed by atoms with Crippen LogP contribution < -0.4 is 10.9 Å². The van der Waals surface area contributed by atoms with Gasteiger partial charge in [0.05, 0.1) is 11.3 Å². The van der Waals surface area contributed by atoms with Crippen molar-refractivity contribution in [3.05, 3.63) is 58.0 Å². The first-order valence-corrected chi connectivity index (χ1v) is 7.45. The molecule has 6 nitrogen and oxygen atoms in total. The molecule has 120 valence electrons. The van der Waals surface area contributed by atoms with Gasteiger partial charge in [-0.1, -0.05) is 18.2 Å². The Hall–Kier alpha value is -2.74. The summed E-state index contributed by atoms with van der Waals surface area (Å²) in [6, 6.07) is 8.69. The summed E-state index contributed by atoms with van der Waals surface area (Å²) in [6.07, 6.45) is -0.0743. The third-order valence-corrected chi connectivity index (χ3v) is 3.56. The molecule has 0 saturated heterocycles. The van der Waals surface area contributed by atoms with E-state index in [4.69, 9.17) is 4.74 Å². The molecule has 0 aliphatic carbocycles. The van der Waals surface area contributed by atoms with Gasteiger partial charge in [0.2, 0.25) is 0 Å². The van der Waals surface area contributed by atoms with Crippen LogP contribution in [0.15, 0.2) is 41.8 Å². The van der Waals surface area contributed by atoms with E-state index in [-0.39, 0.29) is 6.42 Å². The fourth-order valence-corrected chi connectivity index (χ4v) is 2.22. The van der Waals surface area contributed by atoms with E-state index in [0.717, 1.165) is 0 Å². The molecule has 0 saturated carbocycles. The number of esters is 1. The molecule has 2 aromatic rings. The van der Waals surface area contributed by atoms with Crippen molar-refractivity contribution in [3.8, 4) is 0 Å². The Morgan fingerprint density at radius 2 is 1.83 bits per heavy atom. The van der Waals surface area contributed by atoms with Crippen LogP contribution in [-0.2, 0) is 20.7 Å². The first kappa shape index (κ1) is 16.6. The molecule has 0 bridgehead atoms. The van der Waals surface area contributed by atoms with Gasteiger partial charge in [0.1, 0.15) is 5.82 Å². The van der Waals surface area contributed by atoms with Crippen LogP contribution in [0.2, 0.25) is 0 Å². The first-order valence-electron chi connectivity index (χ1n) is 6.57. The second-order valence-electron chi connectivity index (χ2n) is 4.44. The molecule has 0 aliphatic heterocycles. The Balaban J connectivity index is 1.68. The summed E-state index contributed by atoms with van der Waals surface area (Å²) in [5.41, 5.74) is 4.91. The van der Waals surface area contributed by atoms with Gasteiger partial charge in [-0.25, -0.2) is 4.39 Å². The number of hydrogen-bond acceptors (Lipinski definition) is 5. The van der Waals surface area contributed by atoms with Crippen molar-refractivity contribution in [2.24, 2.45) is 0 Å². The van der Waals surface area contributed by atoms with Gasteiger partial charge in [-0.3, -0.25) is 25.2 Å². The number of ether oxygens (including phenoxy) is 1. The van der Waals surface area contributed by atoms with Crippen molar-refractivity contribution >= 4 is 29.1 Å². The average Bonchev–Trinajstić information content (AvgIpc) is 3.07. The molecule has 23 heavy (non-hydrogen) atoms. The van der Waals surface area contributed by atoms with Crippen LogP contribution in [0.1, 0.15) is 15.2 Å². The first-order chi connectivity index (χ1) is 11.0. The summed E-state index contributed by atoms with van der Waals surface area (Å²) in [5.74, 6) is -2.15. The Bertz CT molecular complexity index is 686. The monoisotopic (exact) mass is 336 g/mol. The van der Waals surface area contributed by atoms with E-state index in [0.29, 0.717) is 10.4 Å². The Morgan fingerprint density at radius 1 is 1.09 bits per heavy atom. The van der Waals surface area contributed by atoms with Crippen molar-refractivity contribution in [3.63, 3.8) is 0 Å². The predicted molar refractivity (Wildman–Crippen MR) is 81.0 cm³/mol. The molecule has 1 heterocycles. The smallest absolute Gasteiger partial charge is 0.310 e. The van der Waals surface area contributed by atoms with E-state index >= 15 is 0 Å². The minimum atomic E-state index is -0.664. The van der Waals surface area contributed by atoms with Crippen molar-refractivity contribution in [2.45, 2.75) is 6.42 Å². The van der Waals surface area contributed by atoms with Gasteiger partial charge in [0, 0.05) is 0 Å². The molecule has 1 aromatic carbocycles. The van der Waals surface area contributed by atoms with Crippen LogP contribution >= 0.6 is 11.3 Å². The molecule has 0 unspecified atom stereocenters. The molecular weight excluding hydrogens is 323 g/mol. The zero-order chi connectivity index (χ0) is 16.7. The topological polar surface area (TPSA) is 84.5 Å². The third-order valence-electron chi connectivity index (χ3n) is 2.69. The maximum Gasteiger partial charge on any atom is 0.310 e. The minimum absolute atomic E-state index is 0.0743. The Kier molecular flexibility index (Phi) is 5.81. The summed E-state index contributed by atoms with van der Waals surface area (Å²) in [6.45, 7) is -0.523. The van der Waals surface area contributed by atoms with Crippen LogP contribution in [0.5, 0.6) is 0 Å². The summed E-state index contributed by atoms with van der Waals surface area (Å²) >= 11 is 1.23. The highest BCUT2D eigenvalue weighted by atomic mass is 32.1. The van der Waals surface area contributed by atoms with Gasteiger partial charge in [-0.05, 0) is 29.1 Å². The maximum absolute atomic E-state index is 12.7. The van der Waals surface area contributed by atoms with E-state index in [1.165, 1.54) is 35.6 Å². The molecule has 0 aliphatic rings. The van der Waals surface area contributed by atoms with E-state index in [1.807, 2.05) is 0 Å². The van der Waals surface area contributed by atoms with Crippen LogP contribution in [0, 0.1) is 5.82 Å². The van der Waals surface area contributed by atoms with Crippen LogP contribution in [0.25, 0.3) is 0 Å². The average molecular weight is 336 g/mol. The fourth-order valence-electron chi connectivity index (χ4n) is 1.60. The number of nitrogens with one attached hydrogen (secondary N) is 2. The zero-order valence-corrected chi connectivity index (χ0v) is 12.7. The zero-order valence-electron chi connectivity index (χ0n) is 11.9. The molecule has 2 amide bonds. The summed E-state index contributed by atoms with van der Waals surface area (Å²) in [4.78, 5) is 35.0. The van der Waals surface area contributed by atoms with E-state index in [2.05, 4.69) is 10.9 Å². The SMILES string of the molecule is O=C(COC(=O)Cc1ccc(F)cc1)NNC(=O)c1cccs1. The number of rotatable bonds is 5. The van der Waals surface area contributed by atoms with Gasteiger partial charge in [-0.2, -0.15) is 0 Å². The lowest BCUT2D eigenvalue weighted by atomic mass is 10.1. The number of carbonyl (C=O) groups excluding carboxylic acids is 3. The van der Waals surface area contributed by atoms with Crippen LogP contribution in [0.4, 0.5) is 4.39 Å². The molecule has 0 atom stereocenters. The number of halogens is 1. The normalized spacial score (nSPS) is 9.96. The number of amides is 2. The molecule has 0 radical (unpaired) electrons. The number of carbonyl (C=O) groups is 3. The molecule has 0 spiro atoms. The van der Waals surface area contributed by atoms with Gasteiger partial charge < -0.3 is 4.74 Å². The summed E-state index contributed by atoms with van der Waals surface area (Å²) in [7, 11) is 0. The Labute approximate surface area is 135 Å². The quantitative estimate of drug-likeness (QED) is 0.639. The Morgan fingerprint density at radius 3 is 2.48 bits per heavy atom. The van der Waals surface area contributed by atoms with Crippen molar-refractivity contribution in [2.75, 3.05) is 6.61 Å². The highest BCUT2D eigenvalue weighted by Gasteiger charge is 2.11. The molecular formula is C15H13FN2O4S. The van der Waals surface area contributed by atoms with Gasteiger partial charge in [0.25, 0.3) is 11.8 Å². The summed E-state index contributed by atoms with van der Waals surface area (Å²) < 4.78 is 17.5. The van der Waals surface area contributed by atoms with Gasteiger partial charge in [-0.15, -0.1) is 11.3 Å². The van der Waals surface area contributed by atoms with E-state index < -0.39 is 30.2 Å². The largest absolute Gasteiger partial charge is 0.455 e. The van der Waals surface area contributed by atoms with Gasteiger partial charge >= 0.3 is 5.97 Å². The lowest BCUT2D eigenvalue weighted by molar-refractivity contribution is -0.148. The number of thiophene rings is 1. The second-order valence-corrected chi connectivity index (χ2v) is 5.39. The van der Waals surface area contributed by atoms with E-state index in [1.54, 1.807) is 17.5 Å². The fraction of sp³-hybridized carbons (Fsp3) is 0.133. The van der Waals surface area contributed by atoms with Crippen LogP contribution in [-0.4, -0.2) is 24.4 Å². The highest BCUT2D eigenvalue weighted by molar-refractivity contribution is 7.12. The molecule has 2 rings (SSSR count). The lowest BCUT2D eigenvalue weighted by Crippen LogP contribution is -2.43. The summed E-state index contributed by atoms with van der Waals surface area (Å²) in [5, 5.41) is 1.73. The molecule has 2 N–H and O–H groups in total.